The summed E-state index contributed by atoms with van der Waals surface area (Å²) >= 11 is 0. The van der Waals surface area contributed by atoms with Crippen LogP contribution in [0.25, 0.3) is 0 Å². The molecular weight excluding hydrogens is 269 g/mol. The third kappa shape index (κ3) is 3.83. The largest absolute Gasteiger partial charge is 0.486 e. The number of aromatic nitrogens is 2. The van der Waals surface area contributed by atoms with Crippen LogP contribution >= 0.6 is 0 Å². The lowest BCUT2D eigenvalue weighted by Crippen LogP contribution is -2.04. The summed E-state index contributed by atoms with van der Waals surface area (Å²) in [6.07, 6.45) is 0.862. The Morgan fingerprint density at radius 2 is 2.19 bits per heavy atom. The Balaban J connectivity index is 2.18. The molecule has 110 valence electrons. The van der Waals surface area contributed by atoms with Gasteiger partial charge in [0.1, 0.15) is 18.2 Å². The molecule has 0 aliphatic carbocycles. The van der Waals surface area contributed by atoms with Crippen molar-refractivity contribution in [2.45, 2.75) is 20.0 Å². The molecule has 21 heavy (non-hydrogen) atoms. The Labute approximate surface area is 123 Å². The first-order chi connectivity index (χ1) is 10.1. The number of ether oxygens (including phenoxy) is 1. The maximum absolute atomic E-state index is 13.4. The molecule has 0 radical (unpaired) electrons. The van der Waals surface area contributed by atoms with Crippen molar-refractivity contribution in [3.05, 3.63) is 47.0 Å². The van der Waals surface area contributed by atoms with Gasteiger partial charge >= 0.3 is 0 Å². The van der Waals surface area contributed by atoms with Crippen molar-refractivity contribution in [3.8, 4) is 17.6 Å². The standard InChI is InChI=1S/C16H18FN3O/c1-3-14-10-15(20(2)19-14)11-21-16-9-13(17)7-6-12(16)5-4-8-18/h6-7,9-10H,3,8,11,18H2,1-2H3. The number of rotatable bonds is 4. The van der Waals surface area contributed by atoms with Crippen molar-refractivity contribution >= 4 is 0 Å². The zero-order valence-corrected chi connectivity index (χ0v) is 12.2. The maximum Gasteiger partial charge on any atom is 0.138 e. The number of nitrogens with two attached hydrogens (primary N) is 1. The van der Waals surface area contributed by atoms with Gasteiger partial charge in [0.15, 0.2) is 0 Å². The van der Waals surface area contributed by atoms with Crippen LogP contribution < -0.4 is 10.5 Å². The van der Waals surface area contributed by atoms with Gasteiger partial charge in [-0.2, -0.15) is 5.10 Å². The second kappa shape index (κ2) is 6.91. The second-order valence-corrected chi connectivity index (χ2v) is 4.54. The van der Waals surface area contributed by atoms with Crippen LogP contribution in [-0.4, -0.2) is 16.3 Å². The summed E-state index contributed by atoms with van der Waals surface area (Å²) in [7, 11) is 1.86. The molecule has 2 N–H and O–H groups in total. The number of benzene rings is 1. The average Bonchev–Trinajstić information content (AvgIpc) is 2.84. The average molecular weight is 287 g/mol. The predicted molar refractivity (Wildman–Crippen MR) is 79.3 cm³/mol. The predicted octanol–water partition coefficient (Wildman–Crippen LogP) is 2.01. The molecule has 0 aliphatic rings. The molecule has 4 nitrogen and oxygen atoms in total. The van der Waals surface area contributed by atoms with E-state index in [1.807, 2.05) is 20.0 Å². The minimum Gasteiger partial charge on any atom is -0.486 e. The SMILES string of the molecule is CCc1cc(COc2cc(F)ccc2C#CCN)n(C)n1. The van der Waals surface area contributed by atoms with Crippen LogP contribution in [0.3, 0.4) is 0 Å². The van der Waals surface area contributed by atoms with Gasteiger partial charge in [-0.3, -0.25) is 4.68 Å². The van der Waals surface area contributed by atoms with Crippen LogP contribution in [0.15, 0.2) is 24.3 Å². The lowest BCUT2D eigenvalue weighted by atomic mass is 10.2. The highest BCUT2D eigenvalue weighted by Gasteiger charge is 2.08. The molecule has 0 amide bonds. The van der Waals surface area contributed by atoms with Crippen LogP contribution in [0, 0.1) is 17.7 Å². The first-order valence-corrected chi connectivity index (χ1v) is 6.77. The van der Waals surface area contributed by atoms with Crippen LogP contribution in [0.4, 0.5) is 4.39 Å². The fourth-order valence-electron chi connectivity index (χ4n) is 1.90. The van der Waals surface area contributed by atoms with E-state index in [4.69, 9.17) is 10.5 Å². The van der Waals surface area contributed by atoms with Crippen LogP contribution in [0.1, 0.15) is 23.9 Å². The van der Waals surface area contributed by atoms with Crippen LogP contribution in [0.5, 0.6) is 5.75 Å². The molecule has 1 aromatic heterocycles. The Bertz CT molecular complexity index is 683. The van der Waals surface area contributed by atoms with E-state index in [2.05, 4.69) is 16.9 Å². The van der Waals surface area contributed by atoms with Crippen molar-refractivity contribution in [3.63, 3.8) is 0 Å². The Hall–Kier alpha value is -2.32. The molecule has 0 saturated carbocycles. The number of halogens is 1. The maximum atomic E-state index is 13.4. The van der Waals surface area contributed by atoms with E-state index in [-0.39, 0.29) is 12.4 Å². The van der Waals surface area contributed by atoms with E-state index in [0.29, 0.717) is 17.9 Å². The number of hydrogen-bond donors (Lipinski definition) is 1. The van der Waals surface area contributed by atoms with Gasteiger partial charge in [0, 0.05) is 13.1 Å². The summed E-state index contributed by atoms with van der Waals surface area (Å²) in [5, 5.41) is 4.35. The highest BCUT2D eigenvalue weighted by atomic mass is 19.1. The quantitative estimate of drug-likeness (QED) is 0.875. The molecule has 1 heterocycles. The van der Waals surface area contributed by atoms with Gasteiger partial charge in [-0.15, -0.1) is 0 Å². The number of aryl methyl sites for hydroxylation is 2. The zero-order valence-electron chi connectivity index (χ0n) is 12.2. The van der Waals surface area contributed by atoms with Gasteiger partial charge in [-0.25, -0.2) is 4.39 Å². The van der Waals surface area contributed by atoms with E-state index in [1.165, 1.54) is 12.1 Å². The molecule has 0 unspecified atom stereocenters. The van der Waals surface area contributed by atoms with E-state index < -0.39 is 0 Å². The summed E-state index contributed by atoms with van der Waals surface area (Å²) in [5.74, 6) is 5.68. The molecule has 0 atom stereocenters. The molecule has 2 aromatic rings. The van der Waals surface area contributed by atoms with Crippen molar-refractivity contribution < 1.29 is 9.13 Å². The van der Waals surface area contributed by atoms with E-state index >= 15 is 0 Å². The Morgan fingerprint density at radius 1 is 1.38 bits per heavy atom. The minimum atomic E-state index is -0.359. The number of hydrogen-bond acceptors (Lipinski definition) is 3. The Kier molecular flexibility index (Phi) is 4.96. The van der Waals surface area contributed by atoms with Gasteiger partial charge in [-0.05, 0) is 24.6 Å². The second-order valence-electron chi connectivity index (χ2n) is 4.54. The smallest absolute Gasteiger partial charge is 0.138 e. The summed E-state index contributed by atoms with van der Waals surface area (Å²) in [6.45, 7) is 2.60. The lowest BCUT2D eigenvalue weighted by Gasteiger charge is -2.08. The highest BCUT2D eigenvalue weighted by molar-refractivity contribution is 5.46. The normalized spacial score (nSPS) is 10.1. The fraction of sp³-hybridized carbons (Fsp3) is 0.312. The first-order valence-electron chi connectivity index (χ1n) is 6.77. The molecule has 1 aromatic carbocycles. The molecule has 0 spiro atoms. The van der Waals surface area contributed by atoms with Gasteiger partial charge in [-0.1, -0.05) is 18.8 Å². The summed E-state index contributed by atoms with van der Waals surface area (Å²) in [4.78, 5) is 0. The Morgan fingerprint density at radius 3 is 2.86 bits per heavy atom. The lowest BCUT2D eigenvalue weighted by molar-refractivity contribution is 0.292. The van der Waals surface area contributed by atoms with Crippen LogP contribution in [0.2, 0.25) is 0 Å². The van der Waals surface area contributed by atoms with Gasteiger partial charge in [0.25, 0.3) is 0 Å². The summed E-state index contributed by atoms with van der Waals surface area (Å²) < 4.78 is 20.8. The van der Waals surface area contributed by atoms with Crippen molar-refractivity contribution in [1.82, 2.24) is 9.78 Å². The van der Waals surface area contributed by atoms with E-state index in [1.54, 1.807) is 10.7 Å². The molecule has 0 bridgehead atoms. The number of nitrogens with zero attached hydrogens (tertiary/aromatic N) is 2. The molecule has 0 fully saturated rings. The molecule has 0 saturated heterocycles. The monoisotopic (exact) mass is 287 g/mol. The van der Waals surface area contributed by atoms with Crippen LogP contribution in [-0.2, 0) is 20.1 Å². The van der Waals surface area contributed by atoms with Crippen molar-refractivity contribution in [2.24, 2.45) is 12.8 Å². The van der Waals surface area contributed by atoms with Crippen molar-refractivity contribution in [2.75, 3.05) is 6.54 Å². The molecule has 0 aliphatic heterocycles. The van der Waals surface area contributed by atoms with E-state index in [0.717, 1.165) is 17.8 Å². The van der Waals surface area contributed by atoms with Crippen molar-refractivity contribution in [1.29, 1.82) is 0 Å². The zero-order chi connectivity index (χ0) is 15.2. The van der Waals surface area contributed by atoms with E-state index in [9.17, 15) is 4.39 Å². The third-order valence-corrected chi connectivity index (χ3v) is 3.03. The van der Waals surface area contributed by atoms with Gasteiger partial charge < -0.3 is 10.5 Å². The fourth-order valence-corrected chi connectivity index (χ4v) is 1.90. The summed E-state index contributed by atoms with van der Waals surface area (Å²) in [5.41, 5.74) is 7.91. The highest BCUT2D eigenvalue weighted by Crippen LogP contribution is 2.20. The van der Waals surface area contributed by atoms with Gasteiger partial charge in [0.05, 0.1) is 23.5 Å². The van der Waals surface area contributed by atoms with Gasteiger partial charge in [0.2, 0.25) is 0 Å². The minimum absolute atomic E-state index is 0.248. The summed E-state index contributed by atoms with van der Waals surface area (Å²) in [6, 6.07) is 6.25. The third-order valence-electron chi connectivity index (χ3n) is 3.03. The molecule has 2 rings (SSSR count). The topological polar surface area (TPSA) is 53.1 Å². The first kappa shape index (κ1) is 15.1. The molecular formula is C16H18FN3O. The molecule has 5 heteroatoms.